The van der Waals surface area contributed by atoms with E-state index in [1.54, 1.807) is 18.3 Å². The first-order valence-electron chi connectivity index (χ1n) is 5.87. The number of aromatic nitrogens is 1. The molecular formula is C13H18N2O3. The van der Waals surface area contributed by atoms with E-state index in [-0.39, 0.29) is 12.5 Å². The second-order valence-corrected chi connectivity index (χ2v) is 3.99. The molecule has 98 valence electrons. The average molecular weight is 250 g/mol. The third-order valence-corrected chi connectivity index (χ3v) is 2.47. The van der Waals surface area contributed by atoms with Crippen LogP contribution in [0, 0.1) is 6.92 Å². The minimum atomic E-state index is -0.414. The molecule has 1 heterocycles. The van der Waals surface area contributed by atoms with Gasteiger partial charge in [0.1, 0.15) is 6.54 Å². The number of esters is 1. The largest absolute Gasteiger partial charge is 0.468 e. The van der Waals surface area contributed by atoms with Crippen LogP contribution in [0.5, 0.6) is 0 Å². The van der Waals surface area contributed by atoms with E-state index in [4.69, 9.17) is 0 Å². The number of hydrogen-bond donors (Lipinski definition) is 0. The molecule has 0 saturated heterocycles. The highest BCUT2D eigenvalue weighted by Crippen LogP contribution is 2.06. The molecule has 5 heteroatoms. The summed E-state index contributed by atoms with van der Waals surface area (Å²) in [5.41, 5.74) is 1.32. The van der Waals surface area contributed by atoms with Gasteiger partial charge in [-0.25, -0.2) is 0 Å². The molecule has 0 aliphatic rings. The zero-order chi connectivity index (χ0) is 13.5. The van der Waals surface area contributed by atoms with Crippen LogP contribution in [0.2, 0.25) is 0 Å². The molecule has 1 aromatic heterocycles. The minimum Gasteiger partial charge on any atom is -0.468 e. The lowest BCUT2D eigenvalue weighted by molar-refractivity contribution is -0.141. The number of nitrogens with zero attached hydrogens (tertiary/aromatic N) is 2. The molecule has 0 aliphatic carbocycles. The van der Waals surface area contributed by atoms with Crippen LogP contribution in [0.15, 0.2) is 18.3 Å². The fraction of sp³-hybridized carbons (Fsp3) is 0.462. The van der Waals surface area contributed by atoms with Crippen molar-refractivity contribution in [1.29, 1.82) is 0 Å². The van der Waals surface area contributed by atoms with E-state index in [9.17, 15) is 9.59 Å². The molecule has 0 aliphatic heterocycles. The van der Waals surface area contributed by atoms with E-state index in [1.807, 2.05) is 13.8 Å². The number of aryl methyl sites for hydroxylation is 1. The normalized spacial score (nSPS) is 9.94. The Morgan fingerprint density at radius 3 is 2.72 bits per heavy atom. The second kappa shape index (κ2) is 6.74. The van der Waals surface area contributed by atoms with Crippen LogP contribution in [0.1, 0.15) is 29.4 Å². The van der Waals surface area contributed by atoms with Gasteiger partial charge in [0, 0.05) is 24.0 Å². The van der Waals surface area contributed by atoms with Crippen molar-refractivity contribution in [2.24, 2.45) is 0 Å². The topological polar surface area (TPSA) is 59.5 Å². The van der Waals surface area contributed by atoms with Gasteiger partial charge in [0.05, 0.1) is 7.11 Å². The lowest BCUT2D eigenvalue weighted by Gasteiger charge is -2.20. The molecule has 18 heavy (non-hydrogen) atoms. The standard InChI is InChI=1S/C13H18N2O3/c1-4-7-15(9-12(16)18-3)13(17)11-5-6-14-10(2)8-11/h5-6,8H,4,7,9H2,1-3H3. The van der Waals surface area contributed by atoms with Gasteiger partial charge in [-0.05, 0) is 25.5 Å². The Hall–Kier alpha value is -1.91. The van der Waals surface area contributed by atoms with Crippen molar-refractivity contribution < 1.29 is 14.3 Å². The average Bonchev–Trinajstić information content (AvgIpc) is 2.37. The monoisotopic (exact) mass is 250 g/mol. The van der Waals surface area contributed by atoms with Gasteiger partial charge in [-0.3, -0.25) is 14.6 Å². The molecule has 1 amide bonds. The van der Waals surface area contributed by atoms with Crippen LogP contribution in [-0.4, -0.2) is 42.0 Å². The molecule has 5 nitrogen and oxygen atoms in total. The van der Waals surface area contributed by atoms with Crippen molar-refractivity contribution in [3.63, 3.8) is 0 Å². The fourth-order valence-electron chi connectivity index (χ4n) is 1.60. The van der Waals surface area contributed by atoms with Crippen molar-refractivity contribution in [2.45, 2.75) is 20.3 Å². The Morgan fingerprint density at radius 2 is 2.17 bits per heavy atom. The number of carbonyl (C=O) groups is 2. The first-order valence-corrected chi connectivity index (χ1v) is 5.87. The first-order chi connectivity index (χ1) is 8.58. The van der Waals surface area contributed by atoms with Gasteiger partial charge >= 0.3 is 5.97 Å². The summed E-state index contributed by atoms with van der Waals surface area (Å²) >= 11 is 0. The first kappa shape index (κ1) is 14.2. The molecule has 0 fully saturated rings. The Balaban J connectivity index is 2.85. The number of pyridine rings is 1. The summed E-state index contributed by atoms with van der Waals surface area (Å²) in [6.45, 7) is 4.27. The van der Waals surface area contributed by atoms with Gasteiger partial charge in [-0.1, -0.05) is 6.92 Å². The molecule has 1 aromatic rings. The van der Waals surface area contributed by atoms with Gasteiger partial charge in [-0.2, -0.15) is 0 Å². The van der Waals surface area contributed by atoms with Crippen LogP contribution in [0.25, 0.3) is 0 Å². The highest BCUT2D eigenvalue weighted by molar-refractivity contribution is 5.96. The maximum absolute atomic E-state index is 12.2. The van der Waals surface area contributed by atoms with Gasteiger partial charge in [0.15, 0.2) is 0 Å². The Morgan fingerprint density at radius 1 is 1.44 bits per heavy atom. The summed E-state index contributed by atoms with van der Waals surface area (Å²) in [6.07, 6.45) is 2.37. The van der Waals surface area contributed by atoms with Crippen molar-refractivity contribution in [2.75, 3.05) is 20.2 Å². The predicted octanol–water partition coefficient (Wildman–Crippen LogP) is 1.42. The van der Waals surface area contributed by atoms with E-state index < -0.39 is 5.97 Å². The summed E-state index contributed by atoms with van der Waals surface area (Å²) in [7, 11) is 1.31. The minimum absolute atomic E-state index is 0.0233. The quantitative estimate of drug-likeness (QED) is 0.741. The van der Waals surface area contributed by atoms with Gasteiger partial charge in [0.2, 0.25) is 0 Å². The van der Waals surface area contributed by atoms with Gasteiger partial charge < -0.3 is 9.64 Å². The second-order valence-electron chi connectivity index (χ2n) is 3.99. The maximum Gasteiger partial charge on any atom is 0.325 e. The smallest absolute Gasteiger partial charge is 0.325 e. The van der Waals surface area contributed by atoms with Crippen LogP contribution in [0.4, 0.5) is 0 Å². The molecule has 0 radical (unpaired) electrons. The summed E-state index contributed by atoms with van der Waals surface area (Å²) in [5.74, 6) is -0.588. The number of methoxy groups -OCH3 is 1. The van der Waals surface area contributed by atoms with Crippen molar-refractivity contribution in [1.82, 2.24) is 9.88 Å². The Kier molecular flexibility index (Phi) is 5.30. The summed E-state index contributed by atoms with van der Waals surface area (Å²) in [6, 6.07) is 3.36. The van der Waals surface area contributed by atoms with Crippen LogP contribution in [0.3, 0.4) is 0 Å². The van der Waals surface area contributed by atoms with Crippen LogP contribution in [-0.2, 0) is 9.53 Å². The molecule has 0 unspecified atom stereocenters. The van der Waals surface area contributed by atoms with E-state index in [1.165, 1.54) is 12.0 Å². The van der Waals surface area contributed by atoms with Crippen LogP contribution >= 0.6 is 0 Å². The van der Waals surface area contributed by atoms with Gasteiger partial charge in [-0.15, -0.1) is 0 Å². The number of hydrogen-bond acceptors (Lipinski definition) is 4. The van der Waals surface area contributed by atoms with Crippen molar-refractivity contribution in [3.8, 4) is 0 Å². The molecule has 0 bridgehead atoms. The van der Waals surface area contributed by atoms with E-state index in [2.05, 4.69) is 9.72 Å². The fourth-order valence-corrected chi connectivity index (χ4v) is 1.60. The van der Waals surface area contributed by atoms with Crippen molar-refractivity contribution in [3.05, 3.63) is 29.6 Å². The number of rotatable bonds is 5. The molecule has 0 atom stereocenters. The SMILES string of the molecule is CCCN(CC(=O)OC)C(=O)c1ccnc(C)c1. The van der Waals surface area contributed by atoms with E-state index in [0.29, 0.717) is 12.1 Å². The van der Waals surface area contributed by atoms with Crippen molar-refractivity contribution >= 4 is 11.9 Å². The molecule has 1 rings (SSSR count). The lowest BCUT2D eigenvalue weighted by Crippen LogP contribution is -2.36. The summed E-state index contributed by atoms with van der Waals surface area (Å²) in [5, 5.41) is 0. The Labute approximate surface area is 107 Å². The molecule has 0 saturated carbocycles. The summed E-state index contributed by atoms with van der Waals surface area (Å²) < 4.78 is 4.59. The predicted molar refractivity (Wildman–Crippen MR) is 67.2 cm³/mol. The number of ether oxygens (including phenoxy) is 1. The highest BCUT2D eigenvalue weighted by Gasteiger charge is 2.18. The third kappa shape index (κ3) is 3.84. The Bertz CT molecular complexity index is 432. The van der Waals surface area contributed by atoms with E-state index in [0.717, 1.165) is 12.1 Å². The van der Waals surface area contributed by atoms with Gasteiger partial charge in [0.25, 0.3) is 5.91 Å². The van der Waals surface area contributed by atoms with Crippen LogP contribution < -0.4 is 0 Å². The highest BCUT2D eigenvalue weighted by atomic mass is 16.5. The molecule has 0 aromatic carbocycles. The lowest BCUT2D eigenvalue weighted by atomic mass is 10.2. The number of carbonyl (C=O) groups excluding carboxylic acids is 2. The zero-order valence-electron chi connectivity index (χ0n) is 11.0. The molecule has 0 spiro atoms. The third-order valence-electron chi connectivity index (χ3n) is 2.47. The number of amides is 1. The molecular weight excluding hydrogens is 232 g/mol. The van der Waals surface area contributed by atoms with E-state index >= 15 is 0 Å². The molecule has 0 N–H and O–H groups in total. The summed E-state index contributed by atoms with van der Waals surface area (Å²) in [4.78, 5) is 29.0. The maximum atomic E-state index is 12.2. The zero-order valence-corrected chi connectivity index (χ0v) is 11.0.